The molecule has 2 aromatic heterocycles. The number of furan rings is 2. The normalized spacial score (nSPS) is 14.0. The van der Waals surface area contributed by atoms with E-state index < -0.39 is 0 Å². The maximum absolute atomic E-state index is 13.2. The number of hydrogen-bond donors (Lipinski definition) is 0. The fourth-order valence-corrected chi connectivity index (χ4v) is 3.63. The van der Waals surface area contributed by atoms with E-state index in [2.05, 4.69) is 4.90 Å². The van der Waals surface area contributed by atoms with Crippen molar-refractivity contribution in [2.45, 2.75) is 32.4 Å². The van der Waals surface area contributed by atoms with Gasteiger partial charge >= 0.3 is 0 Å². The van der Waals surface area contributed by atoms with E-state index in [9.17, 15) is 4.79 Å². The van der Waals surface area contributed by atoms with E-state index in [1.165, 1.54) is 19.3 Å². The zero-order valence-electron chi connectivity index (χ0n) is 16.7. The van der Waals surface area contributed by atoms with Crippen LogP contribution >= 0.6 is 0 Å². The summed E-state index contributed by atoms with van der Waals surface area (Å²) in [4.78, 5) is 17.2. The Labute approximate surface area is 170 Å². The molecule has 0 radical (unpaired) electrons. The zero-order valence-corrected chi connectivity index (χ0v) is 16.7. The third kappa shape index (κ3) is 4.65. The Morgan fingerprint density at radius 2 is 1.76 bits per heavy atom. The average molecular weight is 394 g/mol. The molecule has 0 atom stereocenters. The van der Waals surface area contributed by atoms with Gasteiger partial charge in [-0.15, -0.1) is 0 Å². The van der Waals surface area contributed by atoms with E-state index in [-0.39, 0.29) is 5.91 Å². The van der Waals surface area contributed by atoms with Gasteiger partial charge in [0.1, 0.15) is 17.3 Å². The minimum absolute atomic E-state index is 0.0834. The van der Waals surface area contributed by atoms with Crippen LogP contribution in [0, 0.1) is 0 Å². The molecule has 0 unspecified atom stereocenters. The summed E-state index contributed by atoms with van der Waals surface area (Å²) in [7, 11) is 1.61. The van der Waals surface area contributed by atoms with Crippen molar-refractivity contribution in [1.29, 1.82) is 0 Å². The second-order valence-corrected chi connectivity index (χ2v) is 7.26. The molecular formula is C23H26N2O4. The van der Waals surface area contributed by atoms with E-state index in [0.717, 1.165) is 36.2 Å². The quantitative estimate of drug-likeness (QED) is 0.581. The summed E-state index contributed by atoms with van der Waals surface area (Å²) < 4.78 is 16.7. The van der Waals surface area contributed by atoms with Crippen molar-refractivity contribution in [1.82, 2.24) is 4.90 Å². The summed E-state index contributed by atoms with van der Waals surface area (Å²) in [5, 5.41) is 0. The predicted molar refractivity (Wildman–Crippen MR) is 110 cm³/mol. The molecular weight excluding hydrogens is 368 g/mol. The second-order valence-electron chi connectivity index (χ2n) is 7.26. The highest BCUT2D eigenvalue weighted by Crippen LogP contribution is 2.24. The topological polar surface area (TPSA) is 59.1 Å². The van der Waals surface area contributed by atoms with Gasteiger partial charge in [0.05, 0.1) is 26.5 Å². The molecule has 152 valence electrons. The number of rotatable bonds is 7. The van der Waals surface area contributed by atoms with Crippen LogP contribution in [0.3, 0.4) is 0 Å². The van der Waals surface area contributed by atoms with Crippen LogP contribution in [0.1, 0.15) is 41.1 Å². The van der Waals surface area contributed by atoms with Crippen LogP contribution in [0.25, 0.3) is 0 Å². The number of piperidine rings is 1. The Balaban J connectivity index is 1.52. The first-order valence-corrected chi connectivity index (χ1v) is 10.0. The zero-order chi connectivity index (χ0) is 20.1. The van der Waals surface area contributed by atoms with Gasteiger partial charge in [0.25, 0.3) is 5.91 Å². The van der Waals surface area contributed by atoms with Gasteiger partial charge in [-0.25, -0.2) is 0 Å². The van der Waals surface area contributed by atoms with Crippen LogP contribution in [0.4, 0.5) is 5.88 Å². The van der Waals surface area contributed by atoms with Crippen LogP contribution < -0.4 is 9.64 Å². The maximum atomic E-state index is 13.2. The molecule has 1 aliphatic rings. The van der Waals surface area contributed by atoms with Crippen LogP contribution in [-0.2, 0) is 13.1 Å². The lowest BCUT2D eigenvalue weighted by Gasteiger charge is -2.26. The van der Waals surface area contributed by atoms with Crippen molar-refractivity contribution < 1.29 is 18.4 Å². The number of nitrogens with zero attached hydrogens (tertiary/aromatic N) is 2. The lowest BCUT2D eigenvalue weighted by atomic mass is 10.1. The van der Waals surface area contributed by atoms with E-state index in [4.69, 9.17) is 13.6 Å². The van der Waals surface area contributed by atoms with E-state index >= 15 is 0 Å². The first-order chi connectivity index (χ1) is 14.2. The molecule has 29 heavy (non-hydrogen) atoms. The van der Waals surface area contributed by atoms with Gasteiger partial charge in [-0.05, 0) is 61.7 Å². The van der Waals surface area contributed by atoms with Gasteiger partial charge in [-0.1, -0.05) is 0 Å². The summed E-state index contributed by atoms with van der Waals surface area (Å²) in [6.45, 7) is 2.79. The second kappa shape index (κ2) is 8.90. The van der Waals surface area contributed by atoms with Crippen molar-refractivity contribution >= 4 is 11.8 Å². The lowest BCUT2D eigenvalue weighted by molar-refractivity contribution is 0.0705. The fourth-order valence-electron chi connectivity index (χ4n) is 3.63. The number of benzene rings is 1. The SMILES string of the molecule is COc1ccc(C(=O)N(Cc2ccco2)Cc2ccc(N3CCCCC3)o2)cc1. The molecule has 1 aliphatic heterocycles. The standard InChI is InChI=1S/C23H26N2O4/c1-27-19-9-7-18(8-10-19)23(26)25(16-20-6-5-15-28-20)17-21-11-12-22(29-21)24-13-3-2-4-14-24/h5-12,15H,2-4,13-14,16-17H2,1H3. The predicted octanol–water partition coefficient (Wildman–Crippen LogP) is 4.71. The Morgan fingerprint density at radius 3 is 2.45 bits per heavy atom. The smallest absolute Gasteiger partial charge is 0.254 e. The van der Waals surface area contributed by atoms with Crippen molar-refractivity contribution in [2.24, 2.45) is 0 Å². The number of hydrogen-bond acceptors (Lipinski definition) is 5. The fraction of sp³-hybridized carbons (Fsp3) is 0.348. The third-order valence-electron chi connectivity index (χ3n) is 5.21. The Kier molecular flexibility index (Phi) is 5.89. The lowest BCUT2D eigenvalue weighted by Crippen LogP contribution is -2.30. The molecule has 0 aliphatic carbocycles. The van der Waals surface area contributed by atoms with Crippen molar-refractivity contribution in [3.8, 4) is 5.75 Å². The first-order valence-electron chi connectivity index (χ1n) is 10.0. The van der Waals surface area contributed by atoms with Crippen LogP contribution in [-0.4, -0.2) is 31.0 Å². The highest BCUT2D eigenvalue weighted by molar-refractivity contribution is 5.94. The minimum atomic E-state index is -0.0834. The van der Waals surface area contributed by atoms with Gasteiger partial charge in [-0.3, -0.25) is 4.79 Å². The number of anilines is 1. The molecule has 4 rings (SSSR count). The molecule has 6 heteroatoms. The maximum Gasteiger partial charge on any atom is 0.254 e. The number of amides is 1. The van der Waals surface area contributed by atoms with Gasteiger partial charge in [0.2, 0.25) is 0 Å². The van der Waals surface area contributed by atoms with Crippen LogP contribution in [0.5, 0.6) is 5.75 Å². The average Bonchev–Trinajstić information content (AvgIpc) is 3.46. The number of carbonyl (C=O) groups excluding carboxylic acids is 1. The van der Waals surface area contributed by atoms with Crippen molar-refractivity contribution in [3.05, 3.63) is 71.9 Å². The monoisotopic (exact) mass is 394 g/mol. The van der Waals surface area contributed by atoms with E-state index in [1.54, 1.807) is 42.5 Å². The van der Waals surface area contributed by atoms with Gasteiger partial charge in [0.15, 0.2) is 5.88 Å². The Morgan fingerprint density at radius 1 is 1.00 bits per heavy atom. The van der Waals surface area contributed by atoms with E-state index in [0.29, 0.717) is 18.7 Å². The largest absolute Gasteiger partial charge is 0.497 e. The molecule has 0 saturated carbocycles. The molecule has 0 N–H and O–H groups in total. The number of ether oxygens (including phenoxy) is 1. The van der Waals surface area contributed by atoms with E-state index in [1.807, 2.05) is 24.3 Å². The summed E-state index contributed by atoms with van der Waals surface area (Å²) >= 11 is 0. The van der Waals surface area contributed by atoms with Gasteiger partial charge in [0, 0.05) is 24.7 Å². The van der Waals surface area contributed by atoms with Gasteiger partial charge in [-0.2, -0.15) is 0 Å². The van der Waals surface area contributed by atoms with Crippen molar-refractivity contribution in [2.75, 3.05) is 25.1 Å². The Hall–Kier alpha value is -3.15. The number of methoxy groups -OCH3 is 1. The molecule has 1 amide bonds. The minimum Gasteiger partial charge on any atom is -0.497 e. The highest BCUT2D eigenvalue weighted by Gasteiger charge is 2.21. The van der Waals surface area contributed by atoms with Crippen LogP contribution in [0.15, 0.2) is 63.6 Å². The molecule has 3 heterocycles. The van der Waals surface area contributed by atoms with Gasteiger partial charge < -0.3 is 23.4 Å². The molecule has 6 nitrogen and oxygen atoms in total. The molecule has 1 aromatic carbocycles. The van der Waals surface area contributed by atoms with Crippen LogP contribution in [0.2, 0.25) is 0 Å². The molecule has 1 saturated heterocycles. The summed E-state index contributed by atoms with van der Waals surface area (Å²) in [5.41, 5.74) is 0.597. The number of carbonyl (C=O) groups is 1. The highest BCUT2D eigenvalue weighted by atomic mass is 16.5. The summed E-state index contributed by atoms with van der Waals surface area (Å²) in [6.07, 6.45) is 5.28. The summed E-state index contributed by atoms with van der Waals surface area (Å²) in [5.74, 6) is 3.01. The first kappa shape index (κ1) is 19.2. The summed E-state index contributed by atoms with van der Waals surface area (Å²) in [6, 6.07) is 14.8. The molecule has 1 fully saturated rings. The Bertz CT molecular complexity index is 909. The van der Waals surface area contributed by atoms with Crippen molar-refractivity contribution in [3.63, 3.8) is 0 Å². The molecule has 3 aromatic rings. The third-order valence-corrected chi connectivity index (χ3v) is 5.21. The molecule has 0 bridgehead atoms. The molecule has 0 spiro atoms.